The van der Waals surface area contributed by atoms with E-state index in [1.807, 2.05) is 31.2 Å². The van der Waals surface area contributed by atoms with Gasteiger partial charge in [-0.25, -0.2) is 4.79 Å². The molecule has 0 saturated heterocycles. The highest BCUT2D eigenvalue weighted by Crippen LogP contribution is 2.09. The van der Waals surface area contributed by atoms with Crippen molar-refractivity contribution >= 4 is 12.0 Å². The van der Waals surface area contributed by atoms with Crippen molar-refractivity contribution in [3.05, 3.63) is 41.0 Å². The van der Waals surface area contributed by atoms with Crippen LogP contribution in [0, 0.1) is 31.1 Å². The molecule has 1 aromatic rings. The minimum atomic E-state index is -0.410. The summed E-state index contributed by atoms with van der Waals surface area (Å²) in [5.41, 5.74) is 2.48. The Labute approximate surface area is 127 Å². The van der Waals surface area contributed by atoms with Crippen molar-refractivity contribution in [1.82, 2.24) is 0 Å². The van der Waals surface area contributed by atoms with E-state index in [2.05, 4.69) is 17.8 Å². The molecule has 0 N–H and O–H groups in total. The quantitative estimate of drug-likeness (QED) is 0.355. The maximum absolute atomic E-state index is 11.7. The Morgan fingerprint density at radius 3 is 2.52 bits per heavy atom. The number of terminal acetylenes is 1. The summed E-state index contributed by atoms with van der Waals surface area (Å²) in [5.74, 6) is 8.09. The van der Waals surface area contributed by atoms with Gasteiger partial charge in [-0.2, -0.15) is 0 Å². The number of esters is 1. The van der Waals surface area contributed by atoms with E-state index in [1.165, 1.54) is 12.7 Å². The minimum Gasteiger partial charge on any atom is -0.465 e. The molecule has 0 aromatic heterocycles. The second kappa shape index (κ2) is 9.45. The SMILES string of the molecule is C#CCCCCC#C/C(=C\c1ccc(C)cc1)C(=O)OC. The summed E-state index contributed by atoms with van der Waals surface area (Å²) in [4.78, 5) is 11.7. The van der Waals surface area contributed by atoms with Gasteiger partial charge in [0.15, 0.2) is 0 Å². The Bertz CT molecular complexity index is 589. The van der Waals surface area contributed by atoms with Gasteiger partial charge in [-0.1, -0.05) is 41.7 Å². The van der Waals surface area contributed by atoms with Crippen LogP contribution in [0.5, 0.6) is 0 Å². The van der Waals surface area contributed by atoms with Crippen LogP contribution in [0.3, 0.4) is 0 Å². The fourth-order valence-corrected chi connectivity index (χ4v) is 1.68. The largest absolute Gasteiger partial charge is 0.465 e. The lowest BCUT2D eigenvalue weighted by Crippen LogP contribution is -2.02. The molecule has 0 amide bonds. The van der Waals surface area contributed by atoms with Gasteiger partial charge in [0.25, 0.3) is 0 Å². The van der Waals surface area contributed by atoms with Crippen molar-refractivity contribution in [2.45, 2.75) is 32.6 Å². The van der Waals surface area contributed by atoms with Crippen LogP contribution in [0.4, 0.5) is 0 Å². The standard InChI is InChI=1S/C19H20O2/c1-4-5-6-7-8-9-10-18(19(20)21-3)15-17-13-11-16(2)12-14-17/h1,11-15H,5-8H2,2-3H3/b18-15+. The van der Waals surface area contributed by atoms with Gasteiger partial charge in [0.2, 0.25) is 0 Å². The molecule has 1 aromatic carbocycles. The van der Waals surface area contributed by atoms with Gasteiger partial charge < -0.3 is 4.74 Å². The van der Waals surface area contributed by atoms with E-state index < -0.39 is 5.97 Å². The third-order valence-corrected chi connectivity index (χ3v) is 2.89. The first kappa shape index (κ1) is 16.6. The number of benzene rings is 1. The Morgan fingerprint density at radius 2 is 1.90 bits per heavy atom. The second-order valence-corrected chi connectivity index (χ2v) is 4.67. The van der Waals surface area contributed by atoms with Crippen molar-refractivity contribution in [3.8, 4) is 24.2 Å². The first-order valence-electron chi connectivity index (χ1n) is 6.96. The van der Waals surface area contributed by atoms with E-state index in [9.17, 15) is 4.79 Å². The van der Waals surface area contributed by atoms with Crippen molar-refractivity contribution in [3.63, 3.8) is 0 Å². The first-order chi connectivity index (χ1) is 10.2. The van der Waals surface area contributed by atoms with E-state index in [4.69, 9.17) is 11.2 Å². The highest BCUT2D eigenvalue weighted by molar-refractivity contribution is 5.98. The molecular weight excluding hydrogens is 260 g/mol. The van der Waals surface area contributed by atoms with Crippen LogP contribution in [0.25, 0.3) is 6.08 Å². The van der Waals surface area contributed by atoms with E-state index >= 15 is 0 Å². The average Bonchev–Trinajstić information content (AvgIpc) is 2.50. The van der Waals surface area contributed by atoms with Gasteiger partial charge in [-0.15, -0.1) is 12.3 Å². The summed E-state index contributed by atoms with van der Waals surface area (Å²) in [7, 11) is 1.36. The zero-order chi connectivity index (χ0) is 15.5. The van der Waals surface area contributed by atoms with Crippen molar-refractivity contribution in [2.75, 3.05) is 7.11 Å². The van der Waals surface area contributed by atoms with Gasteiger partial charge in [-0.05, 0) is 31.4 Å². The highest BCUT2D eigenvalue weighted by atomic mass is 16.5. The Balaban J connectivity index is 2.77. The molecule has 0 spiro atoms. The fraction of sp³-hybridized carbons (Fsp3) is 0.316. The van der Waals surface area contributed by atoms with Gasteiger partial charge in [0, 0.05) is 12.8 Å². The summed E-state index contributed by atoms with van der Waals surface area (Å²) < 4.78 is 4.77. The summed E-state index contributed by atoms with van der Waals surface area (Å²) >= 11 is 0. The monoisotopic (exact) mass is 280 g/mol. The molecule has 0 fully saturated rings. The molecule has 0 saturated carbocycles. The maximum atomic E-state index is 11.7. The van der Waals surface area contributed by atoms with Crippen LogP contribution < -0.4 is 0 Å². The molecule has 0 unspecified atom stereocenters. The predicted octanol–water partition coefficient (Wildman–Crippen LogP) is 3.75. The topological polar surface area (TPSA) is 26.3 Å². The summed E-state index contributed by atoms with van der Waals surface area (Å²) in [6, 6.07) is 7.89. The Kier molecular flexibility index (Phi) is 7.47. The number of hydrogen-bond donors (Lipinski definition) is 0. The molecule has 0 heterocycles. The number of carbonyl (C=O) groups excluding carboxylic acids is 1. The number of carbonyl (C=O) groups is 1. The number of hydrogen-bond acceptors (Lipinski definition) is 2. The lowest BCUT2D eigenvalue weighted by molar-refractivity contribution is -0.135. The smallest absolute Gasteiger partial charge is 0.346 e. The normalized spacial score (nSPS) is 10.2. The van der Waals surface area contributed by atoms with Crippen molar-refractivity contribution in [2.24, 2.45) is 0 Å². The third kappa shape index (κ3) is 6.50. The Morgan fingerprint density at radius 1 is 1.24 bits per heavy atom. The zero-order valence-electron chi connectivity index (χ0n) is 12.6. The lowest BCUT2D eigenvalue weighted by atomic mass is 10.1. The molecular formula is C19H20O2. The van der Waals surface area contributed by atoms with E-state index in [0.29, 0.717) is 5.57 Å². The molecule has 0 atom stereocenters. The van der Waals surface area contributed by atoms with Gasteiger partial charge >= 0.3 is 5.97 Å². The molecule has 0 aliphatic heterocycles. The summed E-state index contributed by atoms with van der Waals surface area (Å²) in [5, 5.41) is 0. The van der Waals surface area contributed by atoms with E-state index in [-0.39, 0.29) is 0 Å². The number of unbranched alkanes of at least 4 members (excludes halogenated alkanes) is 3. The number of ether oxygens (including phenoxy) is 1. The zero-order valence-corrected chi connectivity index (χ0v) is 12.6. The average molecular weight is 280 g/mol. The molecule has 0 radical (unpaired) electrons. The van der Waals surface area contributed by atoms with Crippen LogP contribution in [0.2, 0.25) is 0 Å². The lowest BCUT2D eigenvalue weighted by Gasteiger charge is -1.99. The van der Waals surface area contributed by atoms with Crippen LogP contribution in [-0.4, -0.2) is 13.1 Å². The van der Waals surface area contributed by atoms with Crippen molar-refractivity contribution < 1.29 is 9.53 Å². The third-order valence-electron chi connectivity index (χ3n) is 2.89. The number of methoxy groups -OCH3 is 1. The van der Waals surface area contributed by atoms with Gasteiger partial charge in [0.05, 0.1) is 7.11 Å². The van der Waals surface area contributed by atoms with Crippen molar-refractivity contribution in [1.29, 1.82) is 0 Å². The molecule has 1 rings (SSSR count). The van der Waals surface area contributed by atoms with Crippen LogP contribution in [-0.2, 0) is 9.53 Å². The van der Waals surface area contributed by atoms with Crippen LogP contribution >= 0.6 is 0 Å². The van der Waals surface area contributed by atoms with Crippen LogP contribution in [0.15, 0.2) is 29.8 Å². The molecule has 108 valence electrons. The minimum absolute atomic E-state index is 0.373. The second-order valence-electron chi connectivity index (χ2n) is 4.67. The summed E-state index contributed by atoms with van der Waals surface area (Å²) in [6.45, 7) is 2.02. The molecule has 0 bridgehead atoms. The molecule has 2 heteroatoms. The Hall–Kier alpha value is -2.45. The molecule has 2 nitrogen and oxygen atoms in total. The van der Waals surface area contributed by atoms with Gasteiger partial charge in [-0.3, -0.25) is 0 Å². The highest BCUT2D eigenvalue weighted by Gasteiger charge is 2.06. The predicted molar refractivity (Wildman–Crippen MR) is 86.2 cm³/mol. The first-order valence-corrected chi connectivity index (χ1v) is 6.96. The molecule has 21 heavy (non-hydrogen) atoms. The fourth-order valence-electron chi connectivity index (χ4n) is 1.68. The van der Waals surface area contributed by atoms with E-state index in [1.54, 1.807) is 6.08 Å². The number of aryl methyl sites for hydroxylation is 1. The van der Waals surface area contributed by atoms with Crippen LogP contribution in [0.1, 0.15) is 36.8 Å². The maximum Gasteiger partial charge on any atom is 0.346 e. The molecule has 0 aliphatic rings. The summed E-state index contributed by atoms with van der Waals surface area (Å²) in [6.07, 6.45) is 10.3. The number of rotatable bonds is 5. The molecule has 0 aliphatic carbocycles. The van der Waals surface area contributed by atoms with Gasteiger partial charge in [0.1, 0.15) is 5.57 Å². The van der Waals surface area contributed by atoms with E-state index in [0.717, 1.165) is 31.2 Å².